The standard InChI is InChI=1S/C22H17ClN2O7S2/c1-13-16(22(26)27)6-4-8-20(13)33(28,29)24-17-10-9-15(23)12-18(17)25-34(30,31)21-11-14-5-2-3-7-19(14)32-21/h2-12,24-25H,1H3,(H,26,27). The first-order valence-electron chi connectivity index (χ1n) is 9.64. The smallest absolute Gasteiger partial charge is 0.335 e. The van der Waals surface area contributed by atoms with E-state index in [0.29, 0.717) is 11.0 Å². The molecule has 0 radical (unpaired) electrons. The van der Waals surface area contributed by atoms with Gasteiger partial charge >= 0.3 is 5.97 Å². The number of carboxylic acid groups (broad SMARTS) is 1. The van der Waals surface area contributed by atoms with E-state index in [4.69, 9.17) is 16.0 Å². The third-order valence-electron chi connectivity index (χ3n) is 4.94. The second kappa shape index (κ2) is 8.67. The van der Waals surface area contributed by atoms with Crippen LogP contribution in [-0.4, -0.2) is 27.9 Å². The van der Waals surface area contributed by atoms with E-state index in [1.165, 1.54) is 49.4 Å². The van der Waals surface area contributed by atoms with Crippen LogP contribution in [0.5, 0.6) is 0 Å². The summed E-state index contributed by atoms with van der Waals surface area (Å²) in [5, 5.41) is 9.65. The molecule has 0 spiro atoms. The van der Waals surface area contributed by atoms with Gasteiger partial charge in [0.05, 0.1) is 21.8 Å². The molecule has 0 aliphatic carbocycles. The average molecular weight is 521 g/mol. The number of fused-ring (bicyclic) bond motifs is 1. The molecule has 0 saturated heterocycles. The number of halogens is 1. The SMILES string of the molecule is Cc1c(C(=O)O)cccc1S(=O)(=O)Nc1ccc(Cl)cc1NS(=O)(=O)c1cc2ccccc2o1. The first-order chi connectivity index (χ1) is 16.0. The third kappa shape index (κ3) is 4.58. The molecule has 0 aliphatic heterocycles. The fraction of sp³-hybridized carbons (Fsp3) is 0.0455. The molecule has 0 saturated carbocycles. The fourth-order valence-corrected chi connectivity index (χ4v) is 5.87. The summed E-state index contributed by atoms with van der Waals surface area (Å²) in [6.07, 6.45) is 0. The number of hydrogen-bond acceptors (Lipinski definition) is 6. The van der Waals surface area contributed by atoms with Crippen molar-refractivity contribution in [1.29, 1.82) is 0 Å². The van der Waals surface area contributed by atoms with Crippen molar-refractivity contribution in [3.8, 4) is 0 Å². The molecule has 176 valence electrons. The van der Waals surface area contributed by atoms with E-state index < -0.39 is 26.0 Å². The van der Waals surface area contributed by atoms with Gasteiger partial charge in [-0.25, -0.2) is 13.2 Å². The van der Waals surface area contributed by atoms with Crippen LogP contribution in [0.2, 0.25) is 5.02 Å². The van der Waals surface area contributed by atoms with Crippen molar-refractivity contribution < 1.29 is 31.2 Å². The number of carboxylic acids is 1. The van der Waals surface area contributed by atoms with Gasteiger partial charge in [-0.15, -0.1) is 0 Å². The third-order valence-corrected chi connectivity index (χ3v) is 7.91. The Morgan fingerprint density at radius 1 is 0.882 bits per heavy atom. The number of para-hydroxylation sites is 1. The molecule has 4 aromatic rings. The molecule has 9 nitrogen and oxygen atoms in total. The van der Waals surface area contributed by atoms with Gasteiger partial charge in [0.15, 0.2) is 0 Å². The van der Waals surface area contributed by atoms with Gasteiger partial charge in [0.25, 0.3) is 20.0 Å². The van der Waals surface area contributed by atoms with Gasteiger partial charge in [-0.2, -0.15) is 8.42 Å². The minimum Gasteiger partial charge on any atom is -0.478 e. The summed E-state index contributed by atoms with van der Waals surface area (Å²) in [5.74, 6) is -1.28. The Morgan fingerprint density at radius 2 is 1.59 bits per heavy atom. The maximum Gasteiger partial charge on any atom is 0.335 e. The van der Waals surface area contributed by atoms with E-state index in [-0.39, 0.29) is 37.5 Å². The average Bonchev–Trinajstić information content (AvgIpc) is 3.21. The molecule has 0 unspecified atom stereocenters. The highest BCUT2D eigenvalue weighted by Crippen LogP contribution is 2.32. The first kappa shape index (κ1) is 23.6. The number of aromatic carboxylic acids is 1. The van der Waals surface area contributed by atoms with E-state index in [1.807, 2.05) is 0 Å². The summed E-state index contributed by atoms with van der Waals surface area (Å²) in [5.41, 5.74) is -0.0536. The number of furan rings is 1. The van der Waals surface area contributed by atoms with Gasteiger partial charge in [0.2, 0.25) is 5.09 Å². The zero-order valence-corrected chi connectivity index (χ0v) is 19.8. The van der Waals surface area contributed by atoms with Crippen molar-refractivity contribution in [2.24, 2.45) is 0 Å². The number of carbonyl (C=O) groups is 1. The summed E-state index contributed by atoms with van der Waals surface area (Å²) >= 11 is 6.02. The van der Waals surface area contributed by atoms with Crippen molar-refractivity contribution in [2.75, 3.05) is 9.44 Å². The van der Waals surface area contributed by atoms with Gasteiger partial charge in [-0.1, -0.05) is 35.9 Å². The zero-order chi connectivity index (χ0) is 24.7. The van der Waals surface area contributed by atoms with Gasteiger partial charge in [0.1, 0.15) is 5.58 Å². The number of rotatable bonds is 7. The number of nitrogens with one attached hydrogen (secondary N) is 2. The Morgan fingerprint density at radius 3 is 2.29 bits per heavy atom. The van der Waals surface area contributed by atoms with Crippen LogP contribution in [0.3, 0.4) is 0 Å². The van der Waals surface area contributed by atoms with Crippen LogP contribution in [0.4, 0.5) is 11.4 Å². The molecule has 0 fully saturated rings. The lowest BCUT2D eigenvalue weighted by Crippen LogP contribution is -2.18. The zero-order valence-electron chi connectivity index (χ0n) is 17.4. The van der Waals surface area contributed by atoms with Crippen LogP contribution in [0, 0.1) is 6.92 Å². The van der Waals surface area contributed by atoms with Crippen molar-refractivity contribution >= 4 is 60.0 Å². The Bertz CT molecular complexity index is 1610. The van der Waals surface area contributed by atoms with Gasteiger partial charge in [-0.05, 0) is 48.9 Å². The van der Waals surface area contributed by atoms with Crippen molar-refractivity contribution in [3.05, 3.63) is 82.9 Å². The van der Waals surface area contributed by atoms with Gasteiger partial charge in [0, 0.05) is 16.5 Å². The maximum absolute atomic E-state index is 13.1. The number of hydrogen-bond donors (Lipinski definition) is 3. The molecule has 0 aliphatic rings. The second-order valence-corrected chi connectivity index (χ2v) is 10.9. The largest absolute Gasteiger partial charge is 0.478 e. The summed E-state index contributed by atoms with van der Waals surface area (Å²) in [6, 6.07) is 15.8. The Labute approximate surface area is 200 Å². The molecule has 3 N–H and O–H groups in total. The summed E-state index contributed by atoms with van der Waals surface area (Å²) < 4.78 is 62.0. The minimum absolute atomic E-state index is 0.0286. The quantitative estimate of drug-likeness (QED) is 0.320. The van der Waals surface area contributed by atoms with Crippen LogP contribution >= 0.6 is 11.6 Å². The van der Waals surface area contributed by atoms with Crippen LogP contribution in [-0.2, 0) is 20.0 Å². The molecule has 3 aromatic carbocycles. The predicted molar refractivity (Wildman–Crippen MR) is 127 cm³/mol. The molecule has 1 heterocycles. The Hall–Kier alpha value is -3.54. The fourth-order valence-electron chi connectivity index (χ4n) is 3.31. The molecule has 4 rings (SSSR count). The topological polar surface area (TPSA) is 143 Å². The van der Waals surface area contributed by atoms with E-state index in [9.17, 15) is 26.7 Å². The number of anilines is 2. The van der Waals surface area contributed by atoms with Crippen LogP contribution in [0.15, 0.2) is 81.1 Å². The summed E-state index contributed by atoms with van der Waals surface area (Å²) in [7, 11) is -8.54. The molecule has 1 aromatic heterocycles. The summed E-state index contributed by atoms with van der Waals surface area (Å²) in [6.45, 7) is 1.37. The predicted octanol–water partition coefficient (Wildman–Crippen LogP) is 4.69. The van der Waals surface area contributed by atoms with E-state index in [0.717, 1.165) is 0 Å². The molecule has 34 heavy (non-hydrogen) atoms. The van der Waals surface area contributed by atoms with Gasteiger partial charge in [-0.3, -0.25) is 9.44 Å². The van der Waals surface area contributed by atoms with E-state index in [1.54, 1.807) is 24.3 Å². The highest BCUT2D eigenvalue weighted by Gasteiger charge is 2.25. The van der Waals surface area contributed by atoms with Crippen molar-refractivity contribution in [3.63, 3.8) is 0 Å². The lowest BCUT2D eigenvalue weighted by molar-refractivity contribution is 0.0695. The second-order valence-electron chi connectivity index (χ2n) is 7.24. The summed E-state index contributed by atoms with van der Waals surface area (Å²) in [4.78, 5) is 11.1. The van der Waals surface area contributed by atoms with Crippen LogP contribution in [0.25, 0.3) is 11.0 Å². The number of benzene rings is 3. The highest BCUT2D eigenvalue weighted by molar-refractivity contribution is 7.93. The van der Waals surface area contributed by atoms with Crippen LogP contribution in [0.1, 0.15) is 15.9 Å². The minimum atomic E-state index is -4.29. The highest BCUT2D eigenvalue weighted by atomic mass is 35.5. The van der Waals surface area contributed by atoms with Crippen molar-refractivity contribution in [2.45, 2.75) is 16.9 Å². The molecule has 12 heteroatoms. The molecular formula is C22H17ClN2O7S2. The molecule has 0 atom stereocenters. The Balaban J connectivity index is 1.72. The van der Waals surface area contributed by atoms with Gasteiger partial charge < -0.3 is 9.52 Å². The molecular weight excluding hydrogens is 504 g/mol. The molecule has 0 bridgehead atoms. The normalized spacial score (nSPS) is 11.9. The first-order valence-corrected chi connectivity index (χ1v) is 13.0. The van der Waals surface area contributed by atoms with E-state index >= 15 is 0 Å². The number of sulfonamides is 2. The maximum atomic E-state index is 13.1. The monoisotopic (exact) mass is 520 g/mol. The van der Waals surface area contributed by atoms with Crippen molar-refractivity contribution in [1.82, 2.24) is 0 Å². The van der Waals surface area contributed by atoms with E-state index in [2.05, 4.69) is 9.44 Å². The Kier molecular flexibility index (Phi) is 6.02. The molecule has 0 amide bonds. The lowest BCUT2D eigenvalue weighted by Gasteiger charge is -2.16. The van der Waals surface area contributed by atoms with Crippen LogP contribution < -0.4 is 9.44 Å². The lowest BCUT2D eigenvalue weighted by atomic mass is 10.1.